The molecule has 2 aromatic carbocycles. The Kier molecular flexibility index (Phi) is 3.58. The Hall–Kier alpha value is -1.21. The topological polar surface area (TPSA) is 0 Å². The van der Waals surface area contributed by atoms with Crippen molar-refractivity contribution < 1.29 is 0 Å². The molecule has 0 aliphatic carbocycles. The van der Waals surface area contributed by atoms with Crippen molar-refractivity contribution >= 4 is 11.8 Å². The van der Waals surface area contributed by atoms with Crippen molar-refractivity contribution in [2.24, 2.45) is 0 Å². The fraction of sp³-hybridized carbons (Fsp3) is 0.250. The van der Waals surface area contributed by atoms with Gasteiger partial charge in [0.15, 0.2) is 0 Å². The van der Waals surface area contributed by atoms with E-state index in [4.69, 9.17) is 0 Å². The zero-order chi connectivity index (χ0) is 12.4. The molecule has 0 N–H and O–H groups in total. The first-order chi connectivity index (χ1) is 8.09. The summed E-state index contributed by atoms with van der Waals surface area (Å²) in [6.07, 6.45) is 0. The van der Waals surface area contributed by atoms with Gasteiger partial charge in [0.1, 0.15) is 0 Å². The molecule has 88 valence electrons. The van der Waals surface area contributed by atoms with E-state index in [2.05, 4.69) is 64.1 Å². The van der Waals surface area contributed by atoms with Gasteiger partial charge in [0, 0.05) is 9.79 Å². The predicted octanol–water partition coefficient (Wildman–Crippen LogP) is 5.07. The summed E-state index contributed by atoms with van der Waals surface area (Å²) in [5.74, 6) is 0. The summed E-state index contributed by atoms with van der Waals surface area (Å²) in [4.78, 5) is 2.79. The van der Waals surface area contributed by atoms with Crippen LogP contribution in [0.1, 0.15) is 22.3 Å². The van der Waals surface area contributed by atoms with Gasteiger partial charge in [0.25, 0.3) is 0 Å². The van der Waals surface area contributed by atoms with Crippen LogP contribution in [0.4, 0.5) is 0 Å². The molecular formula is C16H18S. The van der Waals surface area contributed by atoms with E-state index in [1.807, 2.05) is 11.8 Å². The SMILES string of the molecule is Cc1cccc(C)c1Sc1c(C)cccc1C. The second-order valence-corrected chi connectivity index (χ2v) is 5.56. The molecule has 17 heavy (non-hydrogen) atoms. The first-order valence-corrected chi connectivity index (χ1v) is 6.71. The molecule has 0 aliphatic rings. The number of hydrogen-bond donors (Lipinski definition) is 0. The highest BCUT2D eigenvalue weighted by Crippen LogP contribution is 2.36. The lowest BCUT2D eigenvalue weighted by Gasteiger charge is -2.13. The molecule has 1 heteroatoms. The minimum absolute atomic E-state index is 1.36. The Morgan fingerprint density at radius 1 is 0.588 bits per heavy atom. The molecule has 2 rings (SSSR count). The first kappa shape index (κ1) is 12.3. The van der Waals surface area contributed by atoms with Gasteiger partial charge in [-0.15, -0.1) is 0 Å². The van der Waals surface area contributed by atoms with Gasteiger partial charge in [-0.3, -0.25) is 0 Å². The van der Waals surface area contributed by atoms with Crippen LogP contribution in [-0.4, -0.2) is 0 Å². The fourth-order valence-electron chi connectivity index (χ4n) is 2.02. The third kappa shape index (κ3) is 2.55. The van der Waals surface area contributed by atoms with Crippen molar-refractivity contribution in [1.29, 1.82) is 0 Å². The van der Waals surface area contributed by atoms with E-state index in [0.29, 0.717) is 0 Å². The normalized spacial score (nSPS) is 10.6. The van der Waals surface area contributed by atoms with Crippen LogP contribution in [0.3, 0.4) is 0 Å². The standard InChI is InChI=1S/C16H18S/c1-11-7-5-8-12(2)15(11)17-16-13(3)9-6-10-14(16)4/h5-10H,1-4H3. The Bertz CT molecular complexity index is 451. The summed E-state index contributed by atoms with van der Waals surface area (Å²) in [6.45, 7) is 8.73. The lowest BCUT2D eigenvalue weighted by Crippen LogP contribution is -1.88. The summed E-state index contributed by atoms with van der Waals surface area (Å²) >= 11 is 1.89. The minimum atomic E-state index is 1.36. The summed E-state index contributed by atoms with van der Waals surface area (Å²) in [5.41, 5.74) is 5.44. The van der Waals surface area contributed by atoms with Gasteiger partial charge in [0.2, 0.25) is 0 Å². The summed E-state index contributed by atoms with van der Waals surface area (Å²) in [6, 6.07) is 13.0. The average Bonchev–Trinajstić information content (AvgIpc) is 2.27. The summed E-state index contributed by atoms with van der Waals surface area (Å²) < 4.78 is 0. The molecule has 0 radical (unpaired) electrons. The molecule has 0 heterocycles. The van der Waals surface area contributed by atoms with Gasteiger partial charge >= 0.3 is 0 Å². The minimum Gasteiger partial charge on any atom is -0.0890 e. The lowest BCUT2D eigenvalue weighted by molar-refractivity contribution is 1.18. The Balaban J connectivity index is 2.45. The van der Waals surface area contributed by atoms with E-state index in [1.165, 1.54) is 32.0 Å². The van der Waals surface area contributed by atoms with Gasteiger partial charge in [-0.05, 0) is 49.9 Å². The maximum atomic E-state index is 2.18. The van der Waals surface area contributed by atoms with Crippen molar-refractivity contribution in [3.05, 3.63) is 58.7 Å². The third-order valence-corrected chi connectivity index (χ3v) is 4.72. The number of benzene rings is 2. The van der Waals surface area contributed by atoms with Gasteiger partial charge < -0.3 is 0 Å². The Morgan fingerprint density at radius 3 is 1.18 bits per heavy atom. The van der Waals surface area contributed by atoms with Gasteiger partial charge in [-0.25, -0.2) is 0 Å². The number of aryl methyl sites for hydroxylation is 4. The molecule has 0 aromatic heterocycles. The summed E-state index contributed by atoms with van der Waals surface area (Å²) in [5, 5.41) is 0. The highest BCUT2D eigenvalue weighted by molar-refractivity contribution is 7.99. The van der Waals surface area contributed by atoms with Crippen LogP contribution in [0.25, 0.3) is 0 Å². The quantitative estimate of drug-likeness (QED) is 0.708. The molecule has 0 aliphatic heterocycles. The first-order valence-electron chi connectivity index (χ1n) is 5.90. The van der Waals surface area contributed by atoms with Crippen LogP contribution in [0.15, 0.2) is 46.2 Å². The molecule has 0 saturated carbocycles. The van der Waals surface area contributed by atoms with Crippen LogP contribution in [0.2, 0.25) is 0 Å². The Labute approximate surface area is 108 Å². The third-order valence-electron chi connectivity index (χ3n) is 3.02. The molecule has 0 nitrogen and oxygen atoms in total. The lowest BCUT2D eigenvalue weighted by atomic mass is 10.1. The fourth-order valence-corrected chi connectivity index (χ4v) is 3.14. The highest BCUT2D eigenvalue weighted by atomic mass is 32.2. The predicted molar refractivity (Wildman–Crippen MR) is 76.0 cm³/mol. The zero-order valence-electron chi connectivity index (χ0n) is 10.9. The van der Waals surface area contributed by atoms with Gasteiger partial charge in [-0.1, -0.05) is 48.2 Å². The van der Waals surface area contributed by atoms with E-state index in [0.717, 1.165) is 0 Å². The van der Waals surface area contributed by atoms with Gasteiger partial charge in [-0.2, -0.15) is 0 Å². The van der Waals surface area contributed by atoms with E-state index >= 15 is 0 Å². The maximum Gasteiger partial charge on any atom is 0.0181 e. The molecule has 0 atom stereocenters. The smallest absolute Gasteiger partial charge is 0.0181 e. The summed E-state index contributed by atoms with van der Waals surface area (Å²) in [7, 11) is 0. The van der Waals surface area contributed by atoms with Crippen molar-refractivity contribution in [3.63, 3.8) is 0 Å². The zero-order valence-corrected chi connectivity index (χ0v) is 11.7. The van der Waals surface area contributed by atoms with E-state index in [1.54, 1.807) is 0 Å². The average molecular weight is 242 g/mol. The van der Waals surface area contributed by atoms with Crippen molar-refractivity contribution in [3.8, 4) is 0 Å². The molecule has 2 aromatic rings. The van der Waals surface area contributed by atoms with Crippen LogP contribution in [0.5, 0.6) is 0 Å². The van der Waals surface area contributed by atoms with Crippen LogP contribution in [0, 0.1) is 27.7 Å². The monoisotopic (exact) mass is 242 g/mol. The molecule has 0 bridgehead atoms. The molecule has 0 unspecified atom stereocenters. The second kappa shape index (κ2) is 4.97. The number of hydrogen-bond acceptors (Lipinski definition) is 1. The highest BCUT2D eigenvalue weighted by Gasteiger charge is 2.08. The van der Waals surface area contributed by atoms with E-state index in [9.17, 15) is 0 Å². The van der Waals surface area contributed by atoms with Crippen molar-refractivity contribution in [2.75, 3.05) is 0 Å². The van der Waals surface area contributed by atoms with Crippen LogP contribution in [-0.2, 0) is 0 Å². The van der Waals surface area contributed by atoms with Crippen molar-refractivity contribution in [1.82, 2.24) is 0 Å². The van der Waals surface area contributed by atoms with Gasteiger partial charge in [0.05, 0.1) is 0 Å². The second-order valence-electron chi connectivity index (χ2n) is 4.54. The molecule has 0 spiro atoms. The largest absolute Gasteiger partial charge is 0.0890 e. The van der Waals surface area contributed by atoms with Crippen molar-refractivity contribution in [2.45, 2.75) is 37.5 Å². The van der Waals surface area contributed by atoms with E-state index in [-0.39, 0.29) is 0 Å². The van der Waals surface area contributed by atoms with Crippen LogP contribution >= 0.6 is 11.8 Å². The molecule has 0 fully saturated rings. The molecular weight excluding hydrogens is 224 g/mol. The van der Waals surface area contributed by atoms with E-state index < -0.39 is 0 Å². The maximum absolute atomic E-state index is 2.18. The van der Waals surface area contributed by atoms with Crippen LogP contribution < -0.4 is 0 Å². The molecule has 0 saturated heterocycles. The molecule has 0 amide bonds. The number of rotatable bonds is 2. The Morgan fingerprint density at radius 2 is 0.882 bits per heavy atom.